The number of aliphatic carboxylic acids is 1. The lowest BCUT2D eigenvalue weighted by Gasteiger charge is -2.33. The summed E-state index contributed by atoms with van der Waals surface area (Å²) in [7, 11) is 0. The lowest BCUT2D eigenvalue weighted by molar-refractivity contribution is -0.138. The van der Waals surface area contributed by atoms with E-state index >= 15 is 0 Å². The van der Waals surface area contributed by atoms with Crippen LogP contribution < -0.4 is 15.4 Å². The van der Waals surface area contributed by atoms with Gasteiger partial charge >= 0.3 is 5.97 Å². The molecule has 1 saturated heterocycles. The number of carboxylic acid groups (broad SMARTS) is 1. The molecule has 3 N–H and O–H groups in total. The van der Waals surface area contributed by atoms with Crippen LogP contribution in [0.25, 0.3) is 11.3 Å². The Bertz CT molecular complexity index is 1060. The minimum atomic E-state index is -1.01. The fraction of sp³-hybridized carbons (Fsp3) is 0.292. The van der Waals surface area contributed by atoms with E-state index in [9.17, 15) is 4.79 Å². The van der Waals surface area contributed by atoms with Crippen molar-refractivity contribution in [3.8, 4) is 17.0 Å². The van der Waals surface area contributed by atoms with Gasteiger partial charge in [-0.2, -0.15) is 0 Å². The Morgan fingerprint density at radius 1 is 1.19 bits per heavy atom. The van der Waals surface area contributed by atoms with Crippen molar-refractivity contribution in [1.29, 1.82) is 0 Å². The van der Waals surface area contributed by atoms with Gasteiger partial charge < -0.3 is 20.5 Å². The van der Waals surface area contributed by atoms with Gasteiger partial charge in [-0.1, -0.05) is 35.9 Å². The number of benzene rings is 2. The largest absolute Gasteiger partial charge is 0.489 e. The molecule has 3 aromatic rings. The standard InChI is InChI=1S/C24H25ClN4O3/c25-18-7-9-19(10-8-18)32-20-2-1-11-29(14-20)23-13-22(27-15-28-23)17-5-3-16(4-6-17)12-21(26)24(30)31/h3-10,13,15,20-21H,1-2,11-12,14,26H2,(H,30,31). The van der Waals surface area contributed by atoms with Crippen LogP contribution in [0.3, 0.4) is 0 Å². The molecule has 2 heterocycles. The fourth-order valence-electron chi connectivity index (χ4n) is 3.78. The molecule has 0 saturated carbocycles. The molecule has 2 unspecified atom stereocenters. The van der Waals surface area contributed by atoms with Crippen molar-refractivity contribution >= 4 is 23.4 Å². The zero-order valence-corrected chi connectivity index (χ0v) is 18.3. The predicted molar refractivity (Wildman–Crippen MR) is 124 cm³/mol. The SMILES string of the molecule is NC(Cc1ccc(-c2cc(N3CCCC(Oc4ccc(Cl)cc4)C3)ncn2)cc1)C(=O)O. The topological polar surface area (TPSA) is 102 Å². The number of aromatic nitrogens is 2. The fourth-order valence-corrected chi connectivity index (χ4v) is 3.90. The van der Waals surface area contributed by atoms with Gasteiger partial charge in [0, 0.05) is 23.2 Å². The molecule has 1 aromatic heterocycles. The maximum absolute atomic E-state index is 11.0. The van der Waals surface area contributed by atoms with Gasteiger partial charge in [0.2, 0.25) is 0 Å². The predicted octanol–water partition coefficient (Wildman–Crippen LogP) is 3.80. The summed E-state index contributed by atoms with van der Waals surface area (Å²) in [6, 6.07) is 16.1. The number of nitrogens with two attached hydrogens (primary N) is 1. The average molecular weight is 453 g/mol. The summed E-state index contributed by atoms with van der Waals surface area (Å²) in [6.07, 6.45) is 3.92. The molecule has 1 fully saturated rings. The minimum absolute atomic E-state index is 0.0704. The third-order valence-electron chi connectivity index (χ3n) is 5.49. The van der Waals surface area contributed by atoms with E-state index in [1.165, 1.54) is 0 Å². The number of rotatable bonds is 7. The summed E-state index contributed by atoms with van der Waals surface area (Å²) in [6.45, 7) is 1.65. The van der Waals surface area contributed by atoms with E-state index in [4.69, 9.17) is 27.2 Å². The van der Waals surface area contributed by atoms with Crippen LogP contribution >= 0.6 is 11.6 Å². The number of piperidine rings is 1. The smallest absolute Gasteiger partial charge is 0.320 e. The van der Waals surface area contributed by atoms with Crippen LogP contribution in [0.2, 0.25) is 5.02 Å². The van der Waals surface area contributed by atoms with Gasteiger partial charge in [-0.3, -0.25) is 4.79 Å². The molecule has 7 nitrogen and oxygen atoms in total. The molecule has 0 radical (unpaired) electrons. The molecule has 0 bridgehead atoms. The monoisotopic (exact) mass is 452 g/mol. The van der Waals surface area contributed by atoms with Crippen LogP contribution in [0.1, 0.15) is 18.4 Å². The second-order valence-corrected chi connectivity index (χ2v) is 8.33. The summed E-state index contributed by atoms with van der Waals surface area (Å²) < 4.78 is 6.14. The number of hydrogen-bond acceptors (Lipinski definition) is 6. The van der Waals surface area contributed by atoms with Crippen LogP contribution in [0.4, 0.5) is 5.82 Å². The lowest BCUT2D eigenvalue weighted by Crippen LogP contribution is -2.41. The summed E-state index contributed by atoms with van der Waals surface area (Å²) >= 11 is 5.96. The van der Waals surface area contributed by atoms with Gasteiger partial charge in [0.05, 0.1) is 12.2 Å². The third-order valence-corrected chi connectivity index (χ3v) is 5.75. The van der Waals surface area contributed by atoms with Gasteiger partial charge in [0.15, 0.2) is 0 Å². The number of hydrogen-bond donors (Lipinski definition) is 2. The molecule has 2 aromatic carbocycles. The number of carbonyl (C=O) groups is 1. The highest BCUT2D eigenvalue weighted by Gasteiger charge is 2.23. The molecule has 166 valence electrons. The van der Waals surface area contributed by atoms with E-state index in [1.54, 1.807) is 6.33 Å². The van der Waals surface area contributed by atoms with Gasteiger partial charge in [-0.25, -0.2) is 9.97 Å². The van der Waals surface area contributed by atoms with Crippen molar-refractivity contribution in [2.45, 2.75) is 31.4 Å². The summed E-state index contributed by atoms with van der Waals surface area (Å²) in [5.41, 5.74) is 8.24. The highest BCUT2D eigenvalue weighted by atomic mass is 35.5. The van der Waals surface area contributed by atoms with E-state index < -0.39 is 12.0 Å². The Labute approximate surface area is 191 Å². The minimum Gasteiger partial charge on any atom is -0.489 e. The number of anilines is 1. The first kappa shape index (κ1) is 22.0. The molecular weight excluding hydrogens is 428 g/mol. The molecular formula is C24H25ClN4O3. The quantitative estimate of drug-likeness (QED) is 0.562. The molecule has 1 aliphatic rings. The second-order valence-electron chi connectivity index (χ2n) is 7.89. The molecule has 2 atom stereocenters. The van der Waals surface area contributed by atoms with Crippen LogP contribution in [0.5, 0.6) is 5.75 Å². The zero-order chi connectivity index (χ0) is 22.5. The summed E-state index contributed by atoms with van der Waals surface area (Å²) in [5.74, 6) is 0.665. The average Bonchev–Trinajstić information content (AvgIpc) is 2.81. The number of halogens is 1. The van der Waals surface area contributed by atoms with E-state index in [0.29, 0.717) is 5.02 Å². The van der Waals surface area contributed by atoms with Crippen molar-refractivity contribution in [3.05, 3.63) is 71.5 Å². The second kappa shape index (κ2) is 9.97. The van der Waals surface area contributed by atoms with Crippen molar-refractivity contribution in [1.82, 2.24) is 9.97 Å². The number of carboxylic acids is 1. The van der Waals surface area contributed by atoms with Gasteiger partial charge in [0.1, 0.15) is 30.0 Å². The Morgan fingerprint density at radius 2 is 1.94 bits per heavy atom. The van der Waals surface area contributed by atoms with E-state index in [0.717, 1.165) is 54.3 Å². The molecule has 32 heavy (non-hydrogen) atoms. The maximum atomic E-state index is 11.0. The molecule has 8 heteroatoms. The normalized spacial score (nSPS) is 17.1. The summed E-state index contributed by atoms with van der Waals surface area (Å²) in [5, 5.41) is 9.67. The first-order valence-corrected chi connectivity index (χ1v) is 10.9. The first-order chi connectivity index (χ1) is 15.5. The first-order valence-electron chi connectivity index (χ1n) is 10.5. The molecule has 1 aliphatic heterocycles. The van der Waals surface area contributed by atoms with Gasteiger partial charge in [-0.15, -0.1) is 0 Å². The molecule has 0 amide bonds. The van der Waals surface area contributed by atoms with Crippen molar-refractivity contribution < 1.29 is 14.6 Å². The van der Waals surface area contributed by atoms with Crippen LogP contribution in [-0.4, -0.2) is 46.3 Å². The molecule has 4 rings (SSSR count). The highest BCUT2D eigenvalue weighted by Crippen LogP contribution is 2.26. The molecule has 0 aliphatic carbocycles. The zero-order valence-electron chi connectivity index (χ0n) is 17.5. The third kappa shape index (κ3) is 5.55. The Kier molecular flexibility index (Phi) is 6.87. The Hall–Kier alpha value is -3.16. The summed E-state index contributed by atoms with van der Waals surface area (Å²) in [4.78, 5) is 22.1. The number of nitrogens with zero attached hydrogens (tertiary/aromatic N) is 3. The van der Waals surface area contributed by atoms with Crippen LogP contribution in [0.15, 0.2) is 60.9 Å². The van der Waals surface area contributed by atoms with Crippen LogP contribution in [-0.2, 0) is 11.2 Å². The van der Waals surface area contributed by atoms with Crippen molar-refractivity contribution in [3.63, 3.8) is 0 Å². The van der Waals surface area contributed by atoms with Crippen molar-refractivity contribution in [2.24, 2.45) is 5.73 Å². The Balaban J connectivity index is 1.44. The van der Waals surface area contributed by atoms with Gasteiger partial charge in [0.25, 0.3) is 0 Å². The molecule has 0 spiro atoms. The van der Waals surface area contributed by atoms with Gasteiger partial charge in [-0.05, 0) is 49.1 Å². The maximum Gasteiger partial charge on any atom is 0.320 e. The van der Waals surface area contributed by atoms with Crippen molar-refractivity contribution in [2.75, 3.05) is 18.0 Å². The highest BCUT2D eigenvalue weighted by molar-refractivity contribution is 6.30. The van der Waals surface area contributed by atoms with E-state index in [-0.39, 0.29) is 12.5 Å². The lowest BCUT2D eigenvalue weighted by atomic mass is 10.0. The van der Waals surface area contributed by atoms with E-state index in [1.807, 2.05) is 54.6 Å². The van der Waals surface area contributed by atoms with E-state index in [2.05, 4.69) is 14.9 Å². The Morgan fingerprint density at radius 3 is 2.66 bits per heavy atom. The number of ether oxygens (including phenoxy) is 1. The van der Waals surface area contributed by atoms with Crippen LogP contribution in [0, 0.1) is 0 Å².